The summed E-state index contributed by atoms with van der Waals surface area (Å²) in [5, 5.41) is 5.34. The minimum Gasteiger partial charge on any atom is -0.351 e. The number of hydrogen-bond donors (Lipinski definition) is 3. The minimum absolute atomic E-state index is 0.0600. The van der Waals surface area contributed by atoms with Gasteiger partial charge in [-0.05, 0) is 24.8 Å². The van der Waals surface area contributed by atoms with E-state index in [1.807, 2.05) is 30.3 Å². The van der Waals surface area contributed by atoms with Gasteiger partial charge in [0, 0.05) is 6.04 Å². The van der Waals surface area contributed by atoms with Gasteiger partial charge >= 0.3 is 6.03 Å². The molecule has 0 fully saturated rings. The smallest absolute Gasteiger partial charge is 0.318 e. The molecule has 1 aromatic rings. The summed E-state index contributed by atoms with van der Waals surface area (Å²) < 4.78 is 0. The Balaban J connectivity index is 2.75. The standard InChI is InChI=1S/C15H23N3O2/c1-10(2)9-13(12-7-5-4-6-8-12)17-11(3)14(19)18-15(16)20/h4-8,10-11,13,17H,9H2,1-3H3,(H3,16,18,19,20)/t11-,13-/m1/s1. The zero-order valence-electron chi connectivity index (χ0n) is 12.2. The molecular weight excluding hydrogens is 254 g/mol. The highest BCUT2D eigenvalue weighted by molar-refractivity contribution is 5.96. The van der Waals surface area contributed by atoms with Crippen molar-refractivity contribution < 1.29 is 9.59 Å². The van der Waals surface area contributed by atoms with E-state index < -0.39 is 18.0 Å². The Labute approximate surface area is 119 Å². The minimum atomic E-state index is -0.830. The van der Waals surface area contributed by atoms with Crippen molar-refractivity contribution in [1.82, 2.24) is 10.6 Å². The number of carbonyl (C=O) groups excluding carboxylic acids is 2. The van der Waals surface area contributed by atoms with Gasteiger partial charge in [-0.3, -0.25) is 15.4 Å². The maximum Gasteiger partial charge on any atom is 0.318 e. The van der Waals surface area contributed by atoms with Gasteiger partial charge in [0.15, 0.2) is 0 Å². The van der Waals surface area contributed by atoms with E-state index in [4.69, 9.17) is 5.73 Å². The molecule has 0 aliphatic rings. The summed E-state index contributed by atoms with van der Waals surface area (Å²) in [7, 11) is 0. The molecule has 0 saturated heterocycles. The fourth-order valence-electron chi connectivity index (χ4n) is 2.06. The number of nitrogens with one attached hydrogen (secondary N) is 2. The van der Waals surface area contributed by atoms with Crippen LogP contribution >= 0.6 is 0 Å². The van der Waals surface area contributed by atoms with Gasteiger partial charge in [0.05, 0.1) is 6.04 Å². The van der Waals surface area contributed by atoms with Crippen LogP contribution in [0.1, 0.15) is 38.8 Å². The summed E-state index contributed by atoms with van der Waals surface area (Å²) in [5.41, 5.74) is 6.08. The van der Waals surface area contributed by atoms with E-state index in [1.165, 1.54) is 0 Å². The monoisotopic (exact) mass is 277 g/mol. The molecule has 5 heteroatoms. The molecule has 0 aliphatic heterocycles. The van der Waals surface area contributed by atoms with Crippen molar-refractivity contribution in [1.29, 1.82) is 0 Å². The molecule has 20 heavy (non-hydrogen) atoms. The highest BCUT2D eigenvalue weighted by atomic mass is 16.2. The van der Waals surface area contributed by atoms with Crippen molar-refractivity contribution in [3.63, 3.8) is 0 Å². The lowest BCUT2D eigenvalue weighted by Crippen LogP contribution is -2.47. The van der Waals surface area contributed by atoms with Crippen molar-refractivity contribution in [2.75, 3.05) is 0 Å². The number of imide groups is 1. The fraction of sp³-hybridized carbons (Fsp3) is 0.467. The third-order valence-electron chi connectivity index (χ3n) is 3.00. The molecule has 0 bridgehead atoms. The highest BCUT2D eigenvalue weighted by Crippen LogP contribution is 2.21. The molecule has 4 N–H and O–H groups in total. The van der Waals surface area contributed by atoms with E-state index in [2.05, 4.69) is 24.5 Å². The molecule has 1 rings (SSSR count). The first-order valence-corrected chi connectivity index (χ1v) is 6.81. The fourth-order valence-corrected chi connectivity index (χ4v) is 2.06. The molecule has 0 aliphatic carbocycles. The topological polar surface area (TPSA) is 84.2 Å². The average Bonchev–Trinajstić information content (AvgIpc) is 2.37. The van der Waals surface area contributed by atoms with E-state index in [-0.39, 0.29) is 6.04 Å². The lowest BCUT2D eigenvalue weighted by molar-refractivity contribution is -0.121. The van der Waals surface area contributed by atoms with E-state index in [9.17, 15) is 9.59 Å². The number of benzene rings is 1. The maximum atomic E-state index is 11.7. The third kappa shape index (κ3) is 5.40. The van der Waals surface area contributed by atoms with Gasteiger partial charge in [0.1, 0.15) is 0 Å². The Morgan fingerprint density at radius 3 is 2.25 bits per heavy atom. The predicted molar refractivity (Wildman–Crippen MR) is 79.0 cm³/mol. The van der Waals surface area contributed by atoms with Crippen LogP contribution in [-0.4, -0.2) is 18.0 Å². The number of amides is 3. The first kappa shape index (κ1) is 16.2. The van der Waals surface area contributed by atoms with Gasteiger partial charge in [-0.1, -0.05) is 44.2 Å². The van der Waals surface area contributed by atoms with Gasteiger partial charge < -0.3 is 5.73 Å². The first-order chi connectivity index (χ1) is 9.40. The lowest BCUT2D eigenvalue weighted by atomic mass is 9.96. The Bertz CT molecular complexity index is 446. The molecule has 0 spiro atoms. The molecule has 2 atom stereocenters. The Hall–Kier alpha value is -1.88. The van der Waals surface area contributed by atoms with E-state index in [0.29, 0.717) is 5.92 Å². The summed E-state index contributed by atoms with van der Waals surface area (Å²) in [4.78, 5) is 22.4. The molecular formula is C15H23N3O2. The van der Waals surface area contributed by atoms with Crippen molar-refractivity contribution in [2.45, 2.75) is 39.3 Å². The number of nitrogens with two attached hydrogens (primary N) is 1. The summed E-state index contributed by atoms with van der Waals surface area (Å²) >= 11 is 0. The molecule has 0 saturated carbocycles. The van der Waals surface area contributed by atoms with Gasteiger partial charge in [-0.2, -0.15) is 0 Å². The molecule has 110 valence electrons. The van der Waals surface area contributed by atoms with Crippen LogP contribution in [0, 0.1) is 5.92 Å². The lowest BCUT2D eigenvalue weighted by Gasteiger charge is -2.24. The van der Waals surface area contributed by atoms with Crippen molar-refractivity contribution in [3.8, 4) is 0 Å². The van der Waals surface area contributed by atoms with Gasteiger partial charge in [-0.25, -0.2) is 4.79 Å². The molecule has 5 nitrogen and oxygen atoms in total. The van der Waals surface area contributed by atoms with Crippen LogP contribution in [0.4, 0.5) is 4.79 Å². The molecule has 1 aromatic carbocycles. The van der Waals surface area contributed by atoms with E-state index in [0.717, 1.165) is 12.0 Å². The second kappa shape index (κ2) is 7.65. The molecule has 3 amide bonds. The van der Waals surface area contributed by atoms with Crippen molar-refractivity contribution in [2.24, 2.45) is 11.7 Å². The Morgan fingerprint density at radius 1 is 1.15 bits per heavy atom. The summed E-state index contributed by atoms with van der Waals surface area (Å²) in [6.07, 6.45) is 0.901. The van der Waals surface area contributed by atoms with Crippen LogP contribution in [0.3, 0.4) is 0 Å². The number of hydrogen-bond acceptors (Lipinski definition) is 3. The summed E-state index contributed by atoms with van der Waals surface area (Å²) in [6.45, 7) is 5.98. The highest BCUT2D eigenvalue weighted by Gasteiger charge is 2.20. The average molecular weight is 277 g/mol. The summed E-state index contributed by atoms with van der Waals surface area (Å²) in [6, 6.07) is 8.69. The number of rotatable bonds is 6. The van der Waals surface area contributed by atoms with Crippen molar-refractivity contribution >= 4 is 11.9 Å². The van der Waals surface area contributed by atoms with Crippen LogP contribution < -0.4 is 16.4 Å². The second-order valence-electron chi connectivity index (χ2n) is 5.33. The normalized spacial score (nSPS) is 13.8. The van der Waals surface area contributed by atoms with Gasteiger partial charge in [0.25, 0.3) is 0 Å². The molecule has 0 radical (unpaired) electrons. The van der Waals surface area contributed by atoms with Gasteiger partial charge in [0.2, 0.25) is 5.91 Å². The molecule has 0 heterocycles. The first-order valence-electron chi connectivity index (χ1n) is 6.81. The second-order valence-corrected chi connectivity index (χ2v) is 5.33. The summed E-state index contributed by atoms with van der Waals surface area (Å²) in [5.74, 6) is 0.0706. The van der Waals surface area contributed by atoms with Crippen LogP contribution in [0.25, 0.3) is 0 Å². The number of primary amides is 1. The van der Waals surface area contributed by atoms with E-state index in [1.54, 1.807) is 6.92 Å². The third-order valence-corrected chi connectivity index (χ3v) is 3.00. The van der Waals surface area contributed by atoms with Crippen LogP contribution in [-0.2, 0) is 4.79 Å². The van der Waals surface area contributed by atoms with Crippen LogP contribution in [0.2, 0.25) is 0 Å². The number of carbonyl (C=O) groups is 2. The predicted octanol–water partition coefficient (Wildman–Crippen LogP) is 1.95. The molecule has 0 unspecified atom stereocenters. The van der Waals surface area contributed by atoms with E-state index >= 15 is 0 Å². The van der Waals surface area contributed by atoms with Gasteiger partial charge in [-0.15, -0.1) is 0 Å². The zero-order chi connectivity index (χ0) is 15.1. The quantitative estimate of drug-likeness (QED) is 0.743. The number of urea groups is 1. The SMILES string of the molecule is CC(C)C[C@@H](N[C@H](C)C(=O)NC(N)=O)c1ccccc1. The Kier molecular flexibility index (Phi) is 6.18. The molecule has 0 aromatic heterocycles. The maximum absolute atomic E-state index is 11.7. The Morgan fingerprint density at radius 2 is 1.75 bits per heavy atom. The largest absolute Gasteiger partial charge is 0.351 e. The zero-order valence-corrected chi connectivity index (χ0v) is 12.2. The van der Waals surface area contributed by atoms with Crippen LogP contribution in [0.15, 0.2) is 30.3 Å². The van der Waals surface area contributed by atoms with Crippen molar-refractivity contribution in [3.05, 3.63) is 35.9 Å². The van der Waals surface area contributed by atoms with Crippen LogP contribution in [0.5, 0.6) is 0 Å².